The van der Waals surface area contributed by atoms with Crippen molar-refractivity contribution in [3.8, 4) is 0 Å². The van der Waals surface area contributed by atoms with Gasteiger partial charge in [-0.25, -0.2) is 0 Å². The van der Waals surface area contributed by atoms with E-state index >= 15 is 0 Å². The zero-order valence-electron chi connectivity index (χ0n) is 72.6. The van der Waals surface area contributed by atoms with E-state index in [9.17, 15) is 0 Å². The Bertz CT molecular complexity index is 3220. The van der Waals surface area contributed by atoms with Crippen LogP contribution >= 0.6 is 181 Å². The van der Waals surface area contributed by atoms with Gasteiger partial charge < -0.3 is 99.5 Å². The van der Waals surface area contributed by atoms with Gasteiger partial charge in [0.1, 0.15) is 36.6 Å². The highest BCUT2D eigenvalue weighted by molar-refractivity contribution is 14.1. The number of hydrogen-bond donors (Lipinski definition) is 0. The minimum Gasteiger partial charge on any atom is -0.376 e. The van der Waals surface area contributed by atoms with Crippen LogP contribution < -0.4 is 0 Å². The lowest BCUT2D eigenvalue weighted by molar-refractivity contribution is -0.179. The minimum absolute atomic E-state index is 0.00994. The van der Waals surface area contributed by atoms with Gasteiger partial charge in [-0.15, -0.1) is 0 Å². The summed E-state index contributed by atoms with van der Waals surface area (Å²) in [6.45, 7) is 10.4. The summed E-state index contributed by atoms with van der Waals surface area (Å²) in [6.07, 6.45) is -3.92. The number of hydrogen-bond acceptors (Lipinski definition) is 21. The third-order valence-electron chi connectivity index (χ3n) is 19.4. The SMILES string of the molecule is ICc1ccc(COCCOCC(COCCOCc2ccc(CI)cc2)OCC(COC(COCCOCc2ccc(CI)cc2)COCCOCc2ccc(CI)cc2)OC(COC(COCCOCc2ccc(CI)cc2)COCCOCc2ccc(CI)cc2)COC(COCCOCc2ccc(CI)cc2)COCCOCc2ccc(CI)cc2)cc1. The second-order valence-corrected chi connectivity index (χ2v) is 35.9. The molecule has 0 amide bonds. The van der Waals surface area contributed by atoms with E-state index in [1.807, 2.05) is 0 Å². The van der Waals surface area contributed by atoms with E-state index in [1.54, 1.807) is 0 Å². The molecule has 0 heterocycles. The lowest BCUT2D eigenvalue weighted by Gasteiger charge is -2.30. The highest BCUT2D eigenvalue weighted by Gasteiger charge is 2.27. The molecule has 8 aromatic rings. The van der Waals surface area contributed by atoms with Gasteiger partial charge in [0.05, 0.1) is 238 Å². The Morgan fingerprint density at radius 1 is 0.134 bits per heavy atom. The fourth-order valence-electron chi connectivity index (χ4n) is 12.1. The molecule has 8 aromatic carbocycles. The fourth-order valence-corrected chi connectivity index (χ4v) is 16.1. The van der Waals surface area contributed by atoms with Gasteiger partial charge in [0.25, 0.3) is 0 Å². The van der Waals surface area contributed by atoms with E-state index in [0.29, 0.717) is 159 Å². The van der Waals surface area contributed by atoms with E-state index < -0.39 is 36.6 Å². The van der Waals surface area contributed by atoms with Crippen molar-refractivity contribution in [1.82, 2.24) is 0 Å². The number of rotatable bonds is 78. The monoisotopic (exact) mass is 2650 g/mol. The Labute approximate surface area is 863 Å². The molecule has 0 aliphatic heterocycles. The Kier molecular flexibility index (Phi) is 63.9. The number of halogens is 8. The van der Waals surface area contributed by atoms with Crippen molar-refractivity contribution in [2.75, 3.05) is 185 Å². The average molecular weight is 2660 g/mol. The lowest BCUT2D eigenvalue weighted by atomic mass is 10.2. The van der Waals surface area contributed by atoms with Crippen LogP contribution in [0.25, 0.3) is 0 Å². The maximum atomic E-state index is 7.38. The Morgan fingerprint density at radius 3 is 0.362 bits per heavy atom. The number of ether oxygens (including phenoxy) is 21. The van der Waals surface area contributed by atoms with Crippen LogP contribution in [-0.2, 0) is 188 Å². The van der Waals surface area contributed by atoms with Crippen LogP contribution in [0, 0.1) is 0 Å². The van der Waals surface area contributed by atoms with E-state index in [2.05, 4.69) is 375 Å². The fraction of sp³-hybridized carbons (Fsp3) is 0.510. The quantitative estimate of drug-likeness (QED) is 0.0198. The average Bonchev–Trinajstić information content (AvgIpc) is 0.874. The van der Waals surface area contributed by atoms with Crippen LogP contribution in [0.15, 0.2) is 194 Å². The first-order chi connectivity index (χ1) is 62.6. The Hall–Kier alpha value is -1.24. The zero-order chi connectivity index (χ0) is 89.3. The summed E-state index contributed by atoms with van der Waals surface area (Å²) in [5, 5.41) is 0. The maximum Gasteiger partial charge on any atom is 0.105 e. The van der Waals surface area contributed by atoms with Gasteiger partial charge in [-0.05, 0) is 89.0 Å². The van der Waals surface area contributed by atoms with Crippen LogP contribution in [0.5, 0.6) is 0 Å². The second kappa shape index (κ2) is 73.0. The largest absolute Gasteiger partial charge is 0.376 e. The summed E-state index contributed by atoms with van der Waals surface area (Å²) in [7, 11) is 0. The molecule has 0 aliphatic rings. The summed E-state index contributed by atoms with van der Waals surface area (Å²) in [6, 6.07) is 67.8. The van der Waals surface area contributed by atoms with Crippen molar-refractivity contribution in [2.24, 2.45) is 0 Å². The predicted octanol–water partition coefficient (Wildman–Crippen LogP) is 20.6. The zero-order valence-corrected chi connectivity index (χ0v) is 89.9. The van der Waals surface area contributed by atoms with Gasteiger partial charge in [0, 0.05) is 35.4 Å². The first kappa shape index (κ1) is 111. The smallest absolute Gasteiger partial charge is 0.105 e. The Morgan fingerprint density at radius 2 is 0.244 bits per heavy atom. The van der Waals surface area contributed by atoms with Crippen molar-refractivity contribution in [3.63, 3.8) is 0 Å². The molecule has 29 heteroatoms. The predicted molar refractivity (Wildman–Crippen MR) is 565 cm³/mol. The van der Waals surface area contributed by atoms with Gasteiger partial charge >= 0.3 is 0 Å². The summed E-state index contributed by atoms with van der Waals surface area (Å²) in [5.74, 6) is 0. The summed E-state index contributed by atoms with van der Waals surface area (Å²) in [4.78, 5) is 0. The molecule has 0 saturated carbocycles. The molecule has 0 saturated heterocycles. The van der Waals surface area contributed by atoms with E-state index in [-0.39, 0.29) is 79.3 Å². The minimum atomic E-state index is -0.790. The summed E-state index contributed by atoms with van der Waals surface area (Å²) < 4.78 is 143. The van der Waals surface area contributed by atoms with E-state index in [4.69, 9.17) is 99.5 Å². The summed E-state index contributed by atoms with van der Waals surface area (Å²) in [5.41, 5.74) is 18.8. The molecular formula is C98H126I8O21. The molecule has 0 radical (unpaired) electrons. The first-order valence-corrected chi connectivity index (χ1v) is 55.3. The highest BCUT2D eigenvalue weighted by atomic mass is 127. The first-order valence-electron chi connectivity index (χ1n) is 43.1. The van der Waals surface area contributed by atoms with Crippen molar-refractivity contribution in [3.05, 3.63) is 283 Å². The molecule has 0 spiro atoms. The van der Waals surface area contributed by atoms with Crippen LogP contribution in [0.2, 0.25) is 0 Å². The maximum absolute atomic E-state index is 7.38. The molecule has 8 rings (SSSR count). The lowest BCUT2D eigenvalue weighted by Crippen LogP contribution is -2.42. The van der Waals surface area contributed by atoms with E-state index in [1.165, 1.54) is 44.5 Å². The van der Waals surface area contributed by atoms with Crippen molar-refractivity contribution in [2.45, 2.75) is 125 Å². The molecule has 0 unspecified atom stereocenters. The van der Waals surface area contributed by atoms with Crippen LogP contribution in [0.4, 0.5) is 0 Å². The Balaban J connectivity index is 1.05. The van der Waals surface area contributed by atoms with E-state index in [0.717, 1.165) is 79.9 Å². The molecule has 0 aromatic heterocycles. The number of benzene rings is 8. The topological polar surface area (TPSA) is 194 Å². The normalized spacial score (nSPS) is 11.9. The molecule has 0 atom stereocenters. The van der Waals surface area contributed by atoms with Crippen LogP contribution in [-0.4, -0.2) is 222 Å². The number of alkyl halides is 8. The standard InChI is InChI=1S/C98H126I8O21/c99-49-77-1-17-85(18-2-77)57-107-33-41-115-65-93(66-116-42-34-108-58-86-19-3-78(50-100)4-20-86)123-73-97(74-124-94(67-117-43-35-109-59-87-21-5-79(51-101)6-22-87)68-118-44-36-110-60-88-23-7-80(52-102)8-24-88)127-98(75-125-95(69-119-45-37-111-61-89-25-9-81(53-103)10-26-89)70-120-46-38-112-62-90-27-11-82(54-104)12-28-90)76-126-96(71-121-47-39-113-63-91-29-13-83(55-105)14-30-91)72-122-48-40-114-64-92-31-15-84(56-106)16-32-92/h1-32,93-98H,33-76H2. The molecule has 0 bridgehead atoms. The van der Waals surface area contributed by atoms with Crippen molar-refractivity contribution in [1.29, 1.82) is 0 Å². The summed E-state index contributed by atoms with van der Waals surface area (Å²) >= 11 is 19.0. The van der Waals surface area contributed by atoms with Gasteiger partial charge in [-0.1, -0.05) is 375 Å². The molecule has 0 fully saturated rings. The molecule has 0 aliphatic carbocycles. The van der Waals surface area contributed by atoms with Crippen LogP contribution in [0.3, 0.4) is 0 Å². The third-order valence-corrected chi connectivity index (χ3v) is 26.5. The second-order valence-electron chi connectivity index (χ2n) is 29.8. The molecule has 127 heavy (non-hydrogen) atoms. The highest BCUT2D eigenvalue weighted by Crippen LogP contribution is 2.20. The van der Waals surface area contributed by atoms with Gasteiger partial charge in [-0.2, -0.15) is 0 Å². The van der Waals surface area contributed by atoms with Crippen molar-refractivity contribution < 1.29 is 99.5 Å². The molecule has 21 nitrogen and oxygen atoms in total. The molecule has 0 N–H and O–H groups in total. The third kappa shape index (κ3) is 51.7. The van der Waals surface area contributed by atoms with Crippen molar-refractivity contribution >= 4 is 181 Å². The van der Waals surface area contributed by atoms with Gasteiger partial charge in [-0.3, -0.25) is 0 Å². The van der Waals surface area contributed by atoms with Crippen LogP contribution in [0.1, 0.15) is 89.0 Å². The van der Waals surface area contributed by atoms with Gasteiger partial charge in [0.15, 0.2) is 0 Å². The molecular weight excluding hydrogens is 2530 g/mol. The van der Waals surface area contributed by atoms with Gasteiger partial charge in [0.2, 0.25) is 0 Å². The molecule has 700 valence electrons.